The van der Waals surface area contributed by atoms with Gasteiger partial charge in [-0.3, -0.25) is 14.9 Å². The Kier molecular flexibility index (Phi) is 5.47. The average molecular weight is 330 g/mol. The molecular weight excluding hydrogens is 314 g/mol. The third kappa shape index (κ3) is 4.31. The zero-order valence-electron chi connectivity index (χ0n) is 11.1. The van der Waals surface area contributed by atoms with Crippen LogP contribution < -0.4 is 4.74 Å². The minimum absolute atomic E-state index is 0.0568. The first kappa shape index (κ1) is 15.6. The molecule has 0 saturated carbocycles. The van der Waals surface area contributed by atoms with E-state index in [9.17, 15) is 14.9 Å². The van der Waals surface area contributed by atoms with E-state index >= 15 is 0 Å². The second-order valence-electron chi connectivity index (χ2n) is 4.65. The Labute approximate surface area is 120 Å². The molecule has 0 bridgehead atoms. The quantitative estimate of drug-likeness (QED) is 0.449. The van der Waals surface area contributed by atoms with Crippen LogP contribution in [0.5, 0.6) is 5.75 Å². The van der Waals surface area contributed by atoms with Crippen molar-refractivity contribution in [2.45, 2.75) is 27.2 Å². The van der Waals surface area contributed by atoms with Crippen LogP contribution in [0.1, 0.15) is 37.6 Å². The lowest BCUT2D eigenvalue weighted by atomic mass is 10.1. The second kappa shape index (κ2) is 6.65. The smallest absolute Gasteiger partial charge is 0.312 e. The third-order valence-corrected chi connectivity index (χ3v) is 3.01. The topological polar surface area (TPSA) is 69.4 Å². The number of ketones is 1. The van der Waals surface area contributed by atoms with Crippen LogP contribution in [-0.4, -0.2) is 17.3 Å². The molecule has 0 spiro atoms. The number of rotatable bonds is 6. The molecule has 0 N–H and O–H groups in total. The molecule has 1 aromatic carbocycles. The summed E-state index contributed by atoms with van der Waals surface area (Å²) in [5, 5.41) is 11.0. The number of carbonyl (C=O) groups is 1. The summed E-state index contributed by atoms with van der Waals surface area (Å²) in [5.41, 5.74) is 0.0353. The van der Waals surface area contributed by atoms with Gasteiger partial charge in [0.25, 0.3) is 0 Å². The maximum atomic E-state index is 11.6. The van der Waals surface area contributed by atoms with E-state index in [1.807, 2.05) is 13.8 Å². The van der Waals surface area contributed by atoms with E-state index in [1.165, 1.54) is 13.0 Å². The molecular formula is C13H16BrNO4. The fourth-order valence-corrected chi connectivity index (χ4v) is 1.97. The number of halogens is 1. The molecule has 6 heteroatoms. The highest BCUT2D eigenvalue weighted by Crippen LogP contribution is 2.35. The Balaban J connectivity index is 3.16. The van der Waals surface area contributed by atoms with Crippen molar-refractivity contribution in [1.29, 1.82) is 0 Å². The lowest BCUT2D eigenvalue weighted by Crippen LogP contribution is -2.07. The minimum atomic E-state index is -0.540. The van der Waals surface area contributed by atoms with Crippen molar-refractivity contribution in [3.05, 3.63) is 32.3 Å². The summed E-state index contributed by atoms with van der Waals surface area (Å²) in [7, 11) is 0. The summed E-state index contributed by atoms with van der Waals surface area (Å²) in [4.78, 5) is 22.1. The van der Waals surface area contributed by atoms with Gasteiger partial charge in [-0.05, 0) is 25.3 Å². The van der Waals surface area contributed by atoms with Crippen molar-refractivity contribution in [3.63, 3.8) is 0 Å². The molecule has 19 heavy (non-hydrogen) atoms. The number of Topliss-reactive ketones (excluding diaryl/α,β-unsaturated/α-hetero) is 1. The van der Waals surface area contributed by atoms with E-state index in [0.29, 0.717) is 17.0 Å². The van der Waals surface area contributed by atoms with E-state index in [1.54, 1.807) is 6.07 Å². The van der Waals surface area contributed by atoms with Crippen molar-refractivity contribution in [2.24, 2.45) is 5.92 Å². The van der Waals surface area contributed by atoms with Crippen LogP contribution in [0, 0.1) is 16.0 Å². The number of hydrogen-bond acceptors (Lipinski definition) is 4. The number of carbonyl (C=O) groups excluding carboxylic acids is 1. The predicted molar refractivity (Wildman–Crippen MR) is 75.8 cm³/mol. The molecule has 5 nitrogen and oxygen atoms in total. The van der Waals surface area contributed by atoms with Crippen LogP contribution in [0.4, 0.5) is 5.69 Å². The van der Waals surface area contributed by atoms with Crippen molar-refractivity contribution in [2.75, 3.05) is 6.61 Å². The molecule has 0 aliphatic carbocycles. The fraction of sp³-hybridized carbons (Fsp3) is 0.462. The zero-order valence-corrected chi connectivity index (χ0v) is 12.7. The Morgan fingerprint density at radius 2 is 2.11 bits per heavy atom. The molecule has 0 aliphatic heterocycles. The molecule has 1 rings (SSSR count). The maximum absolute atomic E-state index is 11.6. The number of nitro groups is 1. The largest absolute Gasteiger partial charge is 0.486 e. The molecule has 0 amide bonds. The van der Waals surface area contributed by atoms with Gasteiger partial charge in [0.1, 0.15) is 0 Å². The van der Waals surface area contributed by atoms with Gasteiger partial charge in [0, 0.05) is 10.5 Å². The van der Waals surface area contributed by atoms with Crippen LogP contribution in [0.25, 0.3) is 0 Å². The second-order valence-corrected chi connectivity index (χ2v) is 5.56. The molecule has 0 aromatic heterocycles. The van der Waals surface area contributed by atoms with Crippen molar-refractivity contribution >= 4 is 27.4 Å². The van der Waals surface area contributed by atoms with Gasteiger partial charge < -0.3 is 4.74 Å². The molecule has 104 valence electrons. The highest BCUT2D eigenvalue weighted by Gasteiger charge is 2.23. The van der Waals surface area contributed by atoms with Gasteiger partial charge in [-0.25, -0.2) is 0 Å². The van der Waals surface area contributed by atoms with Crippen LogP contribution in [0.15, 0.2) is 16.6 Å². The molecule has 0 atom stereocenters. The normalized spacial score (nSPS) is 10.6. The number of ether oxygens (including phenoxy) is 1. The first-order valence-electron chi connectivity index (χ1n) is 5.94. The fourth-order valence-electron chi connectivity index (χ4n) is 1.52. The van der Waals surface area contributed by atoms with Crippen molar-refractivity contribution < 1.29 is 14.5 Å². The van der Waals surface area contributed by atoms with Gasteiger partial charge in [0.15, 0.2) is 5.78 Å². The van der Waals surface area contributed by atoms with Crippen LogP contribution >= 0.6 is 15.9 Å². The molecule has 0 fully saturated rings. The predicted octanol–water partition coefficient (Wildman–Crippen LogP) is 3.98. The lowest BCUT2D eigenvalue weighted by Gasteiger charge is -2.12. The molecule has 0 heterocycles. The van der Waals surface area contributed by atoms with Gasteiger partial charge in [-0.2, -0.15) is 0 Å². The lowest BCUT2D eigenvalue weighted by molar-refractivity contribution is -0.386. The summed E-state index contributed by atoms with van der Waals surface area (Å²) >= 11 is 3.16. The minimum Gasteiger partial charge on any atom is -0.486 e. The van der Waals surface area contributed by atoms with Gasteiger partial charge in [0.2, 0.25) is 5.75 Å². The number of nitrogens with zero attached hydrogens (tertiary/aromatic N) is 1. The highest BCUT2D eigenvalue weighted by molar-refractivity contribution is 9.10. The van der Waals surface area contributed by atoms with Crippen LogP contribution in [0.2, 0.25) is 0 Å². The summed E-state index contributed by atoms with van der Waals surface area (Å²) < 4.78 is 5.96. The van der Waals surface area contributed by atoms with E-state index in [-0.39, 0.29) is 22.8 Å². The van der Waals surface area contributed by atoms with Gasteiger partial charge in [-0.15, -0.1) is 0 Å². The standard InChI is InChI=1S/C13H16BrNO4/c1-8(2)4-5-19-13-11(9(3)16)6-10(14)7-12(13)15(17)18/h6-8H,4-5H2,1-3H3. The first-order chi connectivity index (χ1) is 8.82. The Hall–Kier alpha value is -1.43. The van der Waals surface area contributed by atoms with Crippen molar-refractivity contribution in [3.8, 4) is 5.75 Å². The summed E-state index contributed by atoms with van der Waals surface area (Å²) in [6, 6.07) is 2.89. The first-order valence-corrected chi connectivity index (χ1v) is 6.74. The molecule has 0 radical (unpaired) electrons. The van der Waals surface area contributed by atoms with E-state index in [2.05, 4.69) is 15.9 Å². The van der Waals surface area contributed by atoms with E-state index in [4.69, 9.17) is 4.74 Å². The van der Waals surface area contributed by atoms with Crippen LogP contribution in [0.3, 0.4) is 0 Å². The summed E-state index contributed by atoms with van der Waals surface area (Å²) in [6.45, 7) is 5.78. The number of benzene rings is 1. The molecule has 1 aromatic rings. The number of hydrogen-bond donors (Lipinski definition) is 0. The SMILES string of the molecule is CC(=O)c1cc(Br)cc([N+](=O)[O-])c1OCCC(C)C. The van der Waals surface area contributed by atoms with E-state index < -0.39 is 4.92 Å². The maximum Gasteiger partial charge on any atom is 0.312 e. The average Bonchev–Trinajstić information content (AvgIpc) is 2.29. The summed E-state index contributed by atoms with van der Waals surface area (Å²) in [6.07, 6.45) is 0.768. The van der Waals surface area contributed by atoms with Gasteiger partial charge >= 0.3 is 5.69 Å². The molecule has 0 aliphatic rings. The van der Waals surface area contributed by atoms with Gasteiger partial charge in [-0.1, -0.05) is 29.8 Å². The third-order valence-electron chi connectivity index (χ3n) is 2.55. The Bertz CT molecular complexity index is 464. The molecule has 0 unspecified atom stereocenters. The monoisotopic (exact) mass is 329 g/mol. The zero-order chi connectivity index (χ0) is 14.6. The van der Waals surface area contributed by atoms with E-state index in [0.717, 1.165) is 6.42 Å². The Morgan fingerprint density at radius 1 is 1.47 bits per heavy atom. The highest BCUT2D eigenvalue weighted by atomic mass is 79.9. The van der Waals surface area contributed by atoms with Crippen LogP contribution in [-0.2, 0) is 0 Å². The Morgan fingerprint density at radius 3 is 2.58 bits per heavy atom. The molecule has 0 saturated heterocycles. The van der Waals surface area contributed by atoms with Crippen molar-refractivity contribution in [1.82, 2.24) is 0 Å². The van der Waals surface area contributed by atoms with Gasteiger partial charge in [0.05, 0.1) is 17.1 Å². The summed E-state index contributed by atoms with van der Waals surface area (Å²) in [5.74, 6) is 0.223. The number of nitro benzene ring substituents is 1.